The van der Waals surface area contributed by atoms with Crippen molar-refractivity contribution in [3.8, 4) is 6.07 Å². The molecular formula is C10H7ClFNO2. The molecule has 5 heteroatoms. The van der Waals surface area contributed by atoms with E-state index in [1.807, 2.05) is 0 Å². The summed E-state index contributed by atoms with van der Waals surface area (Å²) in [6.07, 6.45) is 0. The number of esters is 1. The van der Waals surface area contributed by atoms with Crippen molar-refractivity contribution in [3.63, 3.8) is 0 Å². The summed E-state index contributed by atoms with van der Waals surface area (Å²) in [5, 5.41) is 8.25. The van der Waals surface area contributed by atoms with Crippen LogP contribution in [0.2, 0.25) is 5.02 Å². The average Bonchev–Trinajstić information content (AvgIpc) is 2.22. The lowest BCUT2D eigenvalue weighted by molar-refractivity contribution is 0.0526. The Morgan fingerprint density at radius 2 is 2.33 bits per heavy atom. The summed E-state index contributed by atoms with van der Waals surface area (Å²) in [5.74, 6) is -1.54. The molecule has 0 bridgehead atoms. The van der Waals surface area contributed by atoms with E-state index in [9.17, 15) is 9.18 Å². The molecule has 15 heavy (non-hydrogen) atoms. The van der Waals surface area contributed by atoms with Gasteiger partial charge in [-0.2, -0.15) is 5.26 Å². The lowest BCUT2D eigenvalue weighted by Gasteiger charge is -2.04. The van der Waals surface area contributed by atoms with Gasteiger partial charge in [0.1, 0.15) is 5.82 Å². The summed E-state index contributed by atoms with van der Waals surface area (Å²) in [6.45, 7) is 1.78. The van der Waals surface area contributed by atoms with Crippen LogP contribution in [0.4, 0.5) is 4.39 Å². The maximum absolute atomic E-state index is 13.1. The van der Waals surface area contributed by atoms with Gasteiger partial charge in [0, 0.05) is 0 Å². The van der Waals surface area contributed by atoms with E-state index in [1.54, 1.807) is 13.0 Å². The molecule has 0 atom stereocenters. The number of nitrogens with zero attached hydrogens (tertiary/aromatic N) is 1. The number of ether oxygens (including phenoxy) is 1. The molecule has 0 aliphatic rings. The van der Waals surface area contributed by atoms with Gasteiger partial charge in [-0.15, -0.1) is 0 Å². The lowest BCUT2D eigenvalue weighted by Crippen LogP contribution is -2.06. The molecular weight excluding hydrogens is 221 g/mol. The Hall–Kier alpha value is -1.60. The van der Waals surface area contributed by atoms with Crippen molar-refractivity contribution in [2.75, 3.05) is 6.61 Å². The Kier molecular flexibility index (Phi) is 3.64. The van der Waals surface area contributed by atoms with Gasteiger partial charge < -0.3 is 4.74 Å². The van der Waals surface area contributed by atoms with Crippen molar-refractivity contribution in [2.45, 2.75) is 6.92 Å². The highest BCUT2D eigenvalue weighted by atomic mass is 35.5. The van der Waals surface area contributed by atoms with Crippen molar-refractivity contribution < 1.29 is 13.9 Å². The molecule has 3 nitrogen and oxygen atoms in total. The lowest BCUT2D eigenvalue weighted by atomic mass is 10.1. The van der Waals surface area contributed by atoms with Gasteiger partial charge in [0.2, 0.25) is 0 Å². The van der Waals surface area contributed by atoms with Gasteiger partial charge in [0.25, 0.3) is 0 Å². The third-order valence-corrected chi connectivity index (χ3v) is 2.04. The molecule has 0 aromatic heterocycles. The second-order valence-electron chi connectivity index (χ2n) is 2.65. The fraction of sp³-hybridized carbons (Fsp3) is 0.200. The summed E-state index contributed by atoms with van der Waals surface area (Å²) in [6, 6.07) is 3.89. The van der Waals surface area contributed by atoms with Crippen molar-refractivity contribution in [2.24, 2.45) is 0 Å². The van der Waals surface area contributed by atoms with Gasteiger partial charge in [0.15, 0.2) is 0 Å². The molecule has 0 heterocycles. The molecule has 0 saturated carbocycles. The first-order valence-corrected chi connectivity index (χ1v) is 4.54. The minimum Gasteiger partial charge on any atom is -0.462 e. The van der Waals surface area contributed by atoms with Crippen LogP contribution in [0, 0.1) is 17.1 Å². The van der Waals surface area contributed by atoms with Crippen molar-refractivity contribution in [3.05, 3.63) is 34.1 Å². The highest BCUT2D eigenvalue weighted by molar-refractivity contribution is 6.33. The van der Waals surface area contributed by atoms with Crippen molar-refractivity contribution in [1.82, 2.24) is 0 Å². The maximum Gasteiger partial charge on any atom is 0.339 e. The minimum absolute atomic E-state index is 0.0277. The van der Waals surface area contributed by atoms with Gasteiger partial charge in [-0.25, -0.2) is 9.18 Å². The Morgan fingerprint density at radius 1 is 1.67 bits per heavy atom. The van der Waals surface area contributed by atoms with Crippen LogP contribution in [-0.2, 0) is 4.74 Å². The molecule has 0 spiro atoms. The van der Waals surface area contributed by atoms with Gasteiger partial charge in [-0.05, 0) is 19.1 Å². The second-order valence-corrected chi connectivity index (χ2v) is 3.03. The summed E-state index contributed by atoms with van der Waals surface area (Å²) in [7, 11) is 0. The summed E-state index contributed by atoms with van der Waals surface area (Å²) in [4.78, 5) is 11.3. The van der Waals surface area contributed by atoms with E-state index >= 15 is 0 Å². The zero-order valence-corrected chi connectivity index (χ0v) is 8.64. The van der Waals surface area contributed by atoms with E-state index in [0.29, 0.717) is 0 Å². The number of nitriles is 1. The topological polar surface area (TPSA) is 50.1 Å². The SMILES string of the molecule is CCOC(=O)c1cc(C#N)cc(F)c1Cl. The smallest absolute Gasteiger partial charge is 0.339 e. The first-order chi connectivity index (χ1) is 7.10. The Balaban J connectivity index is 3.23. The average molecular weight is 228 g/mol. The number of carbonyl (C=O) groups is 1. The molecule has 78 valence electrons. The largest absolute Gasteiger partial charge is 0.462 e. The molecule has 0 unspecified atom stereocenters. The minimum atomic E-state index is -0.807. The van der Waals surface area contributed by atoms with Crippen LogP contribution in [0.15, 0.2) is 12.1 Å². The summed E-state index contributed by atoms with van der Waals surface area (Å²) >= 11 is 5.57. The molecule has 0 aliphatic heterocycles. The number of benzene rings is 1. The molecule has 1 aromatic carbocycles. The van der Waals surface area contributed by atoms with E-state index < -0.39 is 11.8 Å². The third-order valence-electron chi connectivity index (χ3n) is 1.65. The van der Waals surface area contributed by atoms with E-state index in [2.05, 4.69) is 4.74 Å². The van der Waals surface area contributed by atoms with Gasteiger partial charge in [-0.3, -0.25) is 0 Å². The summed E-state index contributed by atoms with van der Waals surface area (Å²) in [5.41, 5.74) is -0.102. The van der Waals surface area contributed by atoms with Gasteiger partial charge >= 0.3 is 5.97 Å². The first-order valence-electron chi connectivity index (χ1n) is 4.16. The molecule has 0 saturated heterocycles. The number of hydrogen-bond acceptors (Lipinski definition) is 3. The first kappa shape index (κ1) is 11.5. The standard InChI is InChI=1S/C10H7ClFNO2/c1-2-15-10(14)7-3-6(5-13)4-8(12)9(7)11/h3-4H,2H2,1H3. The fourth-order valence-electron chi connectivity index (χ4n) is 1.01. The third kappa shape index (κ3) is 2.45. The number of halogens is 2. The van der Waals surface area contributed by atoms with Crippen molar-refractivity contribution >= 4 is 17.6 Å². The van der Waals surface area contributed by atoms with Crippen LogP contribution in [0.1, 0.15) is 22.8 Å². The van der Waals surface area contributed by atoms with Gasteiger partial charge in [-0.1, -0.05) is 11.6 Å². The normalized spacial score (nSPS) is 9.47. The Labute approximate surface area is 91.0 Å². The molecule has 0 amide bonds. The predicted octanol–water partition coefficient (Wildman–Crippen LogP) is 2.53. The molecule has 0 fully saturated rings. The van der Waals surface area contributed by atoms with Crippen LogP contribution in [-0.4, -0.2) is 12.6 Å². The molecule has 1 aromatic rings. The monoisotopic (exact) mass is 227 g/mol. The zero-order valence-electron chi connectivity index (χ0n) is 7.88. The Morgan fingerprint density at radius 3 is 2.87 bits per heavy atom. The number of rotatable bonds is 2. The maximum atomic E-state index is 13.1. The van der Waals surface area contributed by atoms with Crippen LogP contribution in [0.25, 0.3) is 0 Å². The fourth-order valence-corrected chi connectivity index (χ4v) is 1.20. The quantitative estimate of drug-likeness (QED) is 0.730. The second kappa shape index (κ2) is 4.76. The van der Waals surface area contributed by atoms with E-state index in [0.717, 1.165) is 6.07 Å². The van der Waals surface area contributed by atoms with Gasteiger partial charge in [0.05, 0.1) is 28.8 Å². The highest BCUT2D eigenvalue weighted by Gasteiger charge is 2.16. The Bertz CT molecular complexity index is 440. The van der Waals surface area contributed by atoms with Crippen LogP contribution < -0.4 is 0 Å². The van der Waals surface area contributed by atoms with Crippen LogP contribution in [0.3, 0.4) is 0 Å². The van der Waals surface area contributed by atoms with Crippen molar-refractivity contribution in [1.29, 1.82) is 5.26 Å². The molecule has 0 radical (unpaired) electrons. The zero-order chi connectivity index (χ0) is 11.4. The van der Waals surface area contributed by atoms with E-state index in [1.165, 1.54) is 6.07 Å². The molecule has 0 aliphatic carbocycles. The van der Waals surface area contributed by atoms with E-state index in [4.69, 9.17) is 16.9 Å². The van der Waals surface area contributed by atoms with E-state index in [-0.39, 0.29) is 22.8 Å². The number of carbonyl (C=O) groups excluding carboxylic acids is 1. The predicted molar refractivity (Wildman–Crippen MR) is 52.1 cm³/mol. The summed E-state index contributed by atoms with van der Waals surface area (Å²) < 4.78 is 17.8. The van der Waals surface area contributed by atoms with Crippen LogP contribution in [0.5, 0.6) is 0 Å². The molecule has 1 rings (SSSR count). The highest BCUT2D eigenvalue weighted by Crippen LogP contribution is 2.22. The number of hydrogen-bond donors (Lipinski definition) is 0. The molecule has 0 N–H and O–H groups in total. The van der Waals surface area contributed by atoms with Crippen LogP contribution >= 0.6 is 11.6 Å².